The largest absolute Gasteiger partial charge is 0.390 e. The van der Waals surface area contributed by atoms with Gasteiger partial charge >= 0.3 is 0 Å². The van der Waals surface area contributed by atoms with Crippen LogP contribution in [0.25, 0.3) is 10.6 Å². The zero-order chi connectivity index (χ0) is 10.7. The Balaban J connectivity index is 2.28. The molecule has 0 amide bonds. The highest BCUT2D eigenvalue weighted by molar-refractivity contribution is 7.13. The van der Waals surface area contributed by atoms with Gasteiger partial charge in [0, 0.05) is 10.9 Å². The average Bonchev–Trinajstić information content (AvgIpc) is 2.78. The molecule has 0 atom stereocenters. The van der Waals surface area contributed by atoms with Crippen LogP contribution in [0, 0.1) is 0 Å². The Kier molecular flexibility index (Phi) is 3.14. The van der Waals surface area contributed by atoms with Crippen LogP contribution in [0.15, 0.2) is 29.6 Å². The lowest BCUT2D eigenvalue weighted by Crippen LogP contribution is -1.83. The van der Waals surface area contributed by atoms with E-state index in [4.69, 9.17) is 5.11 Å². The zero-order valence-corrected chi connectivity index (χ0v) is 9.42. The first-order chi connectivity index (χ1) is 7.33. The van der Waals surface area contributed by atoms with E-state index in [1.54, 1.807) is 11.3 Å². The molecule has 0 radical (unpaired) electrons. The van der Waals surface area contributed by atoms with E-state index in [0.717, 1.165) is 22.7 Å². The summed E-state index contributed by atoms with van der Waals surface area (Å²) < 4.78 is 0. The number of thiazole rings is 1. The third-order valence-corrected chi connectivity index (χ3v) is 3.26. The lowest BCUT2D eigenvalue weighted by molar-refractivity contribution is 0.278. The van der Waals surface area contributed by atoms with Crippen LogP contribution in [0.3, 0.4) is 0 Å². The van der Waals surface area contributed by atoms with Crippen LogP contribution < -0.4 is 0 Å². The van der Waals surface area contributed by atoms with E-state index in [1.165, 1.54) is 5.56 Å². The molecule has 0 saturated carbocycles. The SMILES string of the molecule is CCc1ccc(-c2nc(CO)cs2)cc1. The van der Waals surface area contributed by atoms with Gasteiger partial charge in [-0.05, 0) is 12.0 Å². The van der Waals surface area contributed by atoms with Crippen molar-refractivity contribution in [1.82, 2.24) is 4.98 Å². The van der Waals surface area contributed by atoms with Crippen molar-refractivity contribution in [3.8, 4) is 10.6 Å². The molecule has 2 aromatic rings. The van der Waals surface area contributed by atoms with Crippen LogP contribution >= 0.6 is 11.3 Å². The van der Waals surface area contributed by atoms with Crippen LogP contribution in [-0.2, 0) is 13.0 Å². The minimum absolute atomic E-state index is 0.0174. The number of benzene rings is 1. The highest BCUT2D eigenvalue weighted by Gasteiger charge is 2.03. The number of nitrogens with zero attached hydrogens (tertiary/aromatic N) is 1. The maximum absolute atomic E-state index is 8.92. The maximum atomic E-state index is 8.92. The molecule has 0 spiro atoms. The molecule has 0 unspecified atom stereocenters. The number of aliphatic hydroxyl groups excluding tert-OH is 1. The van der Waals surface area contributed by atoms with Crippen LogP contribution in [0.2, 0.25) is 0 Å². The van der Waals surface area contributed by atoms with Crippen LogP contribution in [0.1, 0.15) is 18.2 Å². The molecule has 0 saturated heterocycles. The summed E-state index contributed by atoms with van der Waals surface area (Å²) in [4.78, 5) is 4.32. The Morgan fingerprint density at radius 3 is 2.53 bits per heavy atom. The molecule has 0 bridgehead atoms. The number of aryl methyl sites for hydroxylation is 1. The smallest absolute Gasteiger partial charge is 0.123 e. The number of hydrogen-bond acceptors (Lipinski definition) is 3. The van der Waals surface area contributed by atoms with E-state index in [-0.39, 0.29) is 6.61 Å². The van der Waals surface area contributed by atoms with Crippen molar-refractivity contribution in [2.45, 2.75) is 20.0 Å². The molecule has 15 heavy (non-hydrogen) atoms. The highest BCUT2D eigenvalue weighted by Crippen LogP contribution is 2.24. The van der Waals surface area contributed by atoms with Crippen LogP contribution in [0.4, 0.5) is 0 Å². The van der Waals surface area contributed by atoms with Gasteiger partial charge in [0.15, 0.2) is 0 Å². The molecule has 2 nitrogen and oxygen atoms in total. The molecule has 1 heterocycles. The molecule has 0 aliphatic heterocycles. The van der Waals surface area contributed by atoms with Crippen molar-refractivity contribution in [3.05, 3.63) is 40.9 Å². The van der Waals surface area contributed by atoms with Crippen molar-refractivity contribution in [3.63, 3.8) is 0 Å². The van der Waals surface area contributed by atoms with Crippen LogP contribution in [-0.4, -0.2) is 10.1 Å². The van der Waals surface area contributed by atoms with Gasteiger partial charge in [0.05, 0.1) is 12.3 Å². The number of rotatable bonds is 3. The second-order valence-corrected chi connectivity index (χ2v) is 4.21. The van der Waals surface area contributed by atoms with E-state index in [1.807, 2.05) is 5.38 Å². The fraction of sp³-hybridized carbons (Fsp3) is 0.250. The lowest BCUT2D eigenvalue weighted by Gasteiger charge is -1.98. The van der Waals surface area contributed by atoms with E-state index in [0.29, 0.717) is 0 Å². The fourth-order valence-corrected chi connectivity index (χ4v) is 2.21. The molecule has 2 rings (SSSR count). The Morgan fingerprint density at radius 1 is 1.27 bits per heavy atom. The van der Waals surface area contributed by atoms with Crippen molar-refractivity contribution in [2.24, 2.45) is 0 Å². The van der Waals surface area contributed by atoms with Crippen molar-refractivity contribution >= 4 is 11.3 Å². The monoisotopic (exact) mass is 219 g/mol. The standard InChI is InChI=1S/C12H13NOS/c1-2-9-3-5-10(6-4-9)12-13-11(7-14)8-15-12/h3-6,8,14H,2,7H2,1H3. The number of hydrogen-bond donors (Lipinski definition) is 1. The van der Waals surface area contributed by atoms with E-state index in [2.05, 4.69) is 36.2 Å². The molecule has 1 N–H and O–H groups in total. The van der Waals surface area contributed by atoms with Gasteiger partial charge < -0.3 is 5.11 Å². The first-order valence-corrected chi connectivity index (χ1v) is 5.86. The minimum Gasteiger partial charge on any atom is -0.390 e. The average molecular weight is 219 g/mol. The Bertz CT molecular complexity index is 433. The number of aliphatic hydroxyl groups is 1. The second-order valence-electron chi connectivity index (χ2n) is 3.35. The van der Waals surface area contributed by atoms with Gasteiger partial charge in [-0.15, -0.1) is 11.3 Å². The summed E-state index contributed by atoms with van der Waals surface area (Å²) in [6.07, 6.45) is 1.06. The third-order valence-electron chi connectivity index (χ3n) is 2.32. The van der Waals surface area contributed by atoms with E-state index in [9.17, 15) is 0 Å². The molecule has 1 aromatic heterocycles. The van der Waals surface area contributed by atoms with Gasteiger partial charge in [0.25, 0.3) is 0 Å². The lowest BCUT2D eigenvalue weighted by atomic mass is 10.1. The second kappa shape index (κ2) is 4.55. The van der Waals surface area contributed by atoms with Crippen LogP contribution in [0.5, 0.6) is 0 Å². The van der Waals surface area contributed by atoms with Crippen molar-refractivity contribution in [2.75, 3.05) is 0 Å². The van der Waals surface area contributed by atoms with Gasteiger partial charge in [-0.1, -0.05) is 31.2 Å². The maximum Gasteiger partial charge on any atom is 0.123 e. The summed E-state index contributed by atoms with van der Waals surface area (Å²) in [5.41, 5.74) is 3.20. The topological polar surface area (TPSA) is 33.1 Å². The summed E-state index contributed by atoms with van der Waals surface area (Å²) >= 11 is 1.57. The van der Waals surface area contributed by atoms with E-state index >= 15 is 0 Å². The summed E-state index contributed by atoms with van der Waals surface area (Å²) in [5, 5.41) is 11.8. The quantitative estimate of drug-likeness (QED) is 0.861. The first kappa shape index (κ1) is 10.3. The summed E-state index contributed by atoms with van der Waals surface area (Å²) in [6, 6.07) is 8.41. The molecule has 0 aliphatic rings. The Morgan fingerprint density at radius 2 is 2.00 bits per heavy atom. The Hall–Kier alpha value is -1.19. The Labute approximate surface area is 93.2 Å². The first-order valence-electron chi connectivity index (χ1n) is 4.98. The van der Waals surface area contributed by atoms with Gasteiger partial charge in [-0.25, -0.2) is 4.98 Å². The molecule has 0 aliphatic carbocycles. The fourth-order valence-electron chi connectivity index (χ4n) is 1.40. The predicted molar refractivity (Wildman–Crippen MR) is 62.9 cm³/mol. The molecular weight excluding hydrogens is 206 g/mol. The zero-order valence-electron chi connectivity index (χ0n) is 8.60. The predicted octanol–water partition coefficient (Wildman–Crippen LogP) is 2.86. The molecule has 0 fully saturated rings. The van der Waals surface area contributed by atoms with Gasteiger partial charge in [-0.3, -0.25) is 0 Å². The summed E-state index contributed by atoms with van der Waals surface area (Å²) in [6.45, 7) is 2.16. The normalized spacial score (nSPS) is 10.5. The van der Waals surface area contributed by atoms with Gasteiger partial charge in [-0.2, -0.15) is 0 Å². The van der Waals surface area contributed by atoms with Crippen molar-refractivity contribution in [1.29, 1.82) is 0 Å². The third kappa shape index (κ3) is 2.25. The molecule has 1 aromatic carbocycles. The van der Waals surface area contributed by atoms with Crippen molar-refractivity contribution < 1.29 is 5.11 Å². The molecular formula is C12H13NOS. The number of aromatic nitrogens is 1. The van der Waals surface area contributed by atoms with Gasteiger partial charge in [0.1, 0.15) is 5.01 Å². The highest BCUT2D eigenvalue weighted by atomic mass is 32.1. The summed E-state index contributed by atoms with van der Waals surface area (Å²) in [7, 11) is 0. The molecule has 78 valence electrons. The summed E-state index contributed by atoms with van der Waals surface area (Å²) in [5.74, 6) is 0. The van der Waals surface area contributed by atoms with E-state index < -0.39 is 0 Å². The van der Waals surface area contributed by atoms with Gasteiger partial charge in [0.2, 0.25) is 0 Å². The molecule has 3 heteroatoms. The minimum atomic E-state index is 0.0174.